The summed E-state index contributed by atoms with van der Waals surface area (Å²) in [6.45, 7) is 8.53. The van der Waals surface area contributed by atoms with Crippen molar-refractivity contribution in [2.24, 2.45) is 0 Å². The fourth-order valence-corrected chi connectivity index (χ4v) is 2.85. The molecule has 2 aromatic heterocycles. The Morgan fingerprint density at radius 2 is 1.79 bits per heavy atom. The molecule has 0 saturated carbocycles. The van der Waals surface area contributed by atoms with Crippen LogP contribution in [0.4, 0.5) is 5.82 Å². The SMILES string of the molecule is CCCCc1ccc(-c2nn(C(C)(C)C)c3ncnc(N)c23)cc1. The van der Waals surface area contributed by atoms with Crippen molar-refractivity contribution >= 4 is 16.9 Å². The Bertz CT molecular complexity index is 841. The Labute approximate surface area is 142 Å². The number of nitrogens with zero attached hydrogens (tertiary/aromatic N) is 4. The summed E-state index contributed by atoms with van der Waals surface area (Å²) in [6, 6.07) is 8.58. The number of anilines is 1. The van der Waals surface area contributed by atoms with Crippen LogP contribution in [0.2, 0.25) is 0 Å². The van der Waals surface area contributed by atoms with Crippen LogP contribution in [-0.2, 0) is 12.0 Å². The van der Waals surface area contributed by atoms with Gasteiger partial charge in [0.25, 0.3) is 0 Å². The largest absolute Gasteiger partial charge is 0.383 e. The van der Waals surface area contributed by atoms with Crippen LogP contribution in [-0.4, -0.2) is 19.7 Å². The van der Waals surface area contributed by atoms with Crippen LogP contribution >= 0.6 is 0 Å². The molecular formula is C19H25N5. The van der Waals surface area contributed by atoms with Crippen LogP contribution in [0, 0.1) is 0 Å². The van der Waals surface area contributed by atoms with Gasteiger partial charge in [0.15, 0.2) is 5.65 Å². The van der Waals surface area contributed by atoms with Crippen LogP contribution < -0.4 is 5.73 Å². The number of fused-ring (bicyclic) bond motifs is 1. The summed E-state index contributed by atoms with van der Waals surface area (Å²) in [5.41, 5.74) is 9.98. The predicted molar refractivity (Wildman–Crippen MR) is 98.8 cm³/mol. The highest BCUT2D eigenvalue weighted by molar-refractivity contribution is 5.98. The minimum Gasteiger partial charge on any atom is -0.383 e. The smallest absolute Gasteiger partial charge is 0.164 e. The van der Waals surface area contributed by atoms with Gasteiger partial charge in [0, 0.05) is 5.56 Å². The second-order valence-electron chi connectivity index (χ2n) is 7.19. The van der Waals surface area contributed by atoms with Gasteiger partial charge in [0.05, 0.1) is 10.9 Å². The molecule has 0 radical (unpaired) electrons. The molecule has 0 fully saturated rings. The van der Waals surface area contributed by atoms with Crippen molar-refractivity contribution in [2.75, 3.05) is 5.73 Å². The minimum atomic E-state index is -0.182. The van der Waals surface area contributed by atoms with Gasteiger partial charge in [-0.2, -0.15) is 5.10 Å². The van der Waals surface area contributed by atoms with Crippen molar-refractivity contribution in [3.05, 3.63) is 36.2 Å². The van der Waals surface area contributed by atoms with Gasteiger partial charge >= 0.3 is 0 Å². The first kappa shape index (κ1) is 16.4. The van der Waals surface area contributed by atoms with Gasteiger partial charge in [0.2, 0.25) is 0 Å². The molecule has 0 spiro atoms. The van der Waals surface area contributed by atoms with Crippen molar-refractivity contribution in [3.8, 4) is 11.3 Å². The zero-order valence-electron chi connectivity index (χ0n) is 14.9. The van der Waals surface area contributed by atoms with Crippen LogP contribution in [0.15, 0.2) is 30.6 Å². The van der Waals surface area contributed by atoms with Crippen molar-refractivity contribution in [3.63, 3.8) is 0 Å². The molecule has 5 nitrogen and oxygen atoms in total. The number of nitrogen functional groups attached to an aromatic ring is 1. The highest BCUT2D eigenvalue weighted by Crippen LogP contribution is 2.32. The van der Waals surface area contributed by atoms with Crippen molar-refractivity contribution in [1.82, 2.24) is 19.7 Å². The maximum atomic E-state index is 6.14. The van der Waals surface area contributed by atoms with Crippen molar-refractivity contribution < 1.29 is 0 Å². The molecule has 0 saturated heterocycles. The molecule has 3 aromatic rings. The number of benzene rings is 1. The van der Waals surface area contributed by atoms with Crippen molar-refractivity contribution in [1.29, 1.82) is 0 Å². The average molecular weight is 323 g/mol. The summed E-state index contributed by atoms with van der Waals surface area (Å²) in [5, 5.41) is 5.65. The van der Waals surface area contributed by atoms with Crippen molar-refractivity contribution in [2.45, 2.75) is 52.5 Å². The molecule has 3 rings (SSSR count). The summed E-state index contributed by atoms with van der Waals surface area (Å²) >= 11 is 0. The summed E-state index contributed by atoms with van der Waals surface area (Å²) < 4.78 is 1.93. The summed E-state index contributed by atoms with van der Waals surface area (Å²) in [5.74, 6) is 0.473. The van der Waals surface area contributed by atoms with Crippen LogP contribution in [0.5, 0.6) is 0 Å². The van der Waals surface area contributed by atoms with E-state index in [1.807, 2.05) is 4.68 Å². The summed E-state index contributed by atoms with van der Waals surface area (Å²) in [7, 11) is 0. The molecule has 0 bridgehead atoms. The number of aryl methyl sites for hydroxylation is 1. The lowest BCUT2D eigenvalue weighted by molar-refractivity contribution is 0.367. The predicted octanol–water partition coefficient (Wildman–Crippen LogP) is 4.17. The molecule has 0 aliphatic heterocycles. The minimum absolute atomic E-state index is 0.182. The van der Waals surface area contributed by atoms with E-state index in [0.717, 1.165) is 28.7 Å². The Morgan fingerprint density at radius 1 is 1.08 bits per heavy atom. The lowest BCUT2D eigenvalue weighted by Crippen LogP contribution is -2.23. The number of unbranched alkanes of at least 4 members (excludes halogenated alkanes) is 1. The molecule has 0 unspecified atom stereocenters. The van der Waals surface area contributed by atoms with Gasteiger partial charge in [-0.1, -0.05) is 37.6 Å². The molecule has 2 N–H and O–H groups in total. The monoisotopic (exact) mass is 323 g/mol. The van der Waals surface area contributed by atoms with Crippen LogP contribution in [0.25, 0.3) is 22.3 Å². The van der Waals surface area contributed by atoms with Gasteiger partial charge in [-0.25, -0.2) is 14.6 Å². The number of rotatable bonds is 4. The first-order valence-electron chi connectivity index (χ1n) is 8.51. The molecule has 5 heteroatoms. The third kappa shape index (κ3) is 2.98. The first-order valence-corrected chi connectivity index (χ1v) is 8.51. The van der Waals surface area contributed by atoms with Crippen LogP contribution in [0.1, 0.15) is 46.1 Å². The molecule has 0 aliphatic carbocycles. The van der Waals surface area contributed by atoms with Gasteiger partial charge in [-0.05, 0) is 39.2 Å². The molecular weight excluding hydrogens is 298 g/mol. The average Bonchev–Trinajstić information content (AvgIpc) is 2.95. The summed E-state index contributed by atoms with van der Waals surface area (Å²) in [4.78, 5) is 8.58. The van der Waals surface area contributed by atoms with E-state index in [-0.39, 0.29) is 5.54 Å². The maximum Gasteiger partial charge on any atom is 0.164 e. The maximum absolute atomic E-state index is 6.14. The number of hydrogen-bond acceptors (Lipinski definition) is 4. The van der Waals surface area contributed by atoms with E-state index >= 15 is 0 Å². The van der Waals surface area contributed by atoms with E-state index in [2.05, 4.69) is 61.9 Å². The van der Waals surface area contributed by atoms with Gasteiger partial charge in [-0.3, -0.25) is 0 Å². The third-order valence-electron chi connectivity index (χ3n) is 4.18. The Kier molecular flexibility index (Phi) is 4.26. The van der Waals surface area contributed by atoms with E-state index < -0.39 is 0 Å². The second-order valence-corrected chi connectivity index (χ2v) is 7.19. The molecule has 126 valence electrons. The van der Waals surface area contributed by atoms with Gasteiger partial charge in [-0.15, -0.1) is 0 Å². The molecule has 2 heterocycles. The normalized spacial score (nSPS) is 12.0. The molecule has 24 heavy (non-hydrogen) atoms. The quantitative estimate of drug-likeness (QED) is 0.782. The topological polar surface area (TPSA) is 69.6 Å². The molecule has 0 atom stereocenters. The fourth-order valence-electron chi connectivity index (χ4n) is 2.85. The standard InChI is InChI=1S/C19H25N5/c1-5-6-7-13-8-10-14(11-9-13)16-15-17(20)21-12-22-18(15)24(23-16)19(2,3)4/h8-12H,5-7H2,1-4H3,(H2,20,21,22). The second kappa shape index (κ2) is 6.23. The lowest BCUT2D eigenvalue weighted by Gasteiger charge is -2.19. The number of aromatic nitrogens is 4. The van der Waals surface area contributed by atoms with E-state index in [4.69, 9.17) is 10.8 Å². The summed E-state index contributed by atoms with van der Waals surface area (Å²) in [6.07, 6.45) is 5.02. The van der Waals surface area contributed by atoms with E-state index in [9.17, 15) is 0 Å². The van der Waals surface area contributed by atoms with E-state index in [1.165, 1.54) is 24.7 Å². The van der Waals surface area contributed by atoms with Gasteiger partial charge < -0.3 is 5.73 Å². The molecule has 0 aliphatic rings. The zero-order chi connectivity index (χ0) is 17.3. The molecule has 1 aromatic carbocycles. The fraction of sp³-hybridized carbons (Fsp3) is 0.421. The van der Waals surface area contributed by atoms with E-state index in [0.29, 0.717) is 5.82 Å². The Hall–Kier alpha value is -2.43. The first-order chi connectivity index (χ1) is 11.4. The zero-order valence-corrected chi connectivity index (χ0v) is 14.9. The van der Waals surface area contributed by atoms with Crippen LogP contribution in [0.3, 0.4) is 0 Å². The van der Waals surface area contributed by atoms with E-state index in [1.54, 1.807) is 0 Å². The number of nitrogens with two attached hydrogens (primary N) is 1. The highest BCUT2D eigenvalue weighted by Gasteiger charge is 2.23. The third-order valence-corrected chi connectivity index (χ3v) is 4.18. The highest BCUT2D eigenvalue weighted by atomic mass is 15.3. The van der Waals surface area contributed by atoms with Gasteiger partial charge in [0.1, 0.15) is 17.8 Å². The Balaban J connectivity index is 2.12. The lowest BCUT2D eigenvalue weighted by atomic mass is 10.0. The Morgan fingerprint density at radius 3 is 2.42 bits per heavy atom. The number of hydrogen-bond donors (Lipinski definition) is 1. The molecule has 0 amide bonds.